The number of aromatic hydroxyl groups is 2. The molecule has 0 saturated carbocycles. The number of Topliss-reactive ketones (excluding diaryl/α,β-unsaturated/α-hetero) is 2. The number of anilines is 1. The highest BCUT2D eigenvalue weighted by Crippen LogP contribution is 2.34. The number of allylic oxidation sites excluding steroid dienone is 2. The highest BCUT2D eigenvalue weighted by Gasteiger charge is 2.33. The summed E-state index contributed by atoms with van der Waals surface area (Å²) in [5.41, 5.74) is 1.00. The molecule has 2 aromatic rings. The number of fused-ring (bicyclic) bond motifs is 1. The summed E-state index contributed by atoms with van der Waals surface area (Å²) in [6.07, 6.45) is 0. The fourth-order valence-corrected chi connectivity index (χ4v) is 2.65. The number of hydrogen-bond donors (Lipinski definition) is 3. The van der Waals surface area contributed by atoms with Crippen molar-refractivity contribution in [2.24, 2.45) is 0 Å². The quantitative estimate of drug-likeness (QED) is 0.735. The summed E-state index contributed by atoms with van der Waals surface area (Å²) in [7, 11) is 0. The lowest BCUT2D eigenvalue weighted by Gasteiger charge is -2.20. The van der Waals surface area contributed by atoms with Crippen LogP contribution in [0.4, 0.5) is 5.69 Å². The lowest BCUT2D eigenvalue weighted by Crippen LogP contribution is -2.24. The number of phenolic OH excluding ortho intramolecular Hbond substituents is 2. The first-order valence-corrected chi connectivity index (χ1v) is 7.15. The Balaban J connectivity index is 2.07. The summed E-state index contributed by atoms with van der Waals surface area (Å²) in [5.74, 6) is -1.25. The predicted octanol–water partition coefficient (Wildman–Crippen LogP) is 3.35. The van der Waals surface area contributed by atoms with Crippen LogP contribution in [0.3, 0.4) is 0 Å². The van der Waals surface area contributed by atoms with E-state index < -0.39 is 11.6 Å². The fourth-order valence-electron chi connectivity index (χ4n) is 2.41. The predicted molar refractivity (Wildman–Crippen MR) is 86.1 cm³/mol. The molecule has 0 aromatic heterocycles. The number of carbonyl (C=O) groups is 2. The van der Waals surface area contributed by atoms with Crippen LogP contribution in [0.25, 0.3) is 0 Å². The van der Waals surface area contributed by atoms with Crippen molar-refractivity contribution in [3.05, 3.63) is 63.8 Å². The van der Waals surface area contributed by atoms with Gasteiger partial charge in [-0.05, 0) is 42.8 Å². The Bertz CT molecular complexity index is 886. The minimum absolute atomic E-state index is 0.0695. The van der Waals surface area contributed by atoms with Gasteiger partial charge in [0.15, 0.2) is 0 Å². The minimum Gasteiger partial charge on any atom is -0.508 e. The van der Waals surface area contributed by atoms with Gasteiger partial charge in [-0.2, -0.15) is 0 Å². The van der Waals surface area contributed by atoms with Crippen molar-refractivity contribution < 1.29 is 19.8 Å². The topological polar surface area (TPSA) is 86.6 Å². The highest BCUT2D eigenvalue weighted by atomic mass is 35.5. The number of hydrogen-bond acceptors (Lipinski definition) is 5. The van der Waals surface area contributed by atoms with E-state index in [4.69, 9.17) is 11.6 Å². The first kappa shape index (κ1) is 15.1. The molecule has 0 spiro atoms. The molecule has 0 amide bonds. The third-order valence-electron chi connectivity index (χ3n) is 3.63. The van der Waals surface area contributed by atoms with Gasteiger partial charge in [0.05, 0.1) is 5.56 Å². The second kappa shape index (κ2) is 5.44. The molecule has 0 unspecified atom stereocenters. The van der Waals surface area contributed by atoms with Crippen molar-refractivity contribution in [1.82, 2.24) is 0 Å². The molecule has 0 saturated heterocycles. The third kappa shape index (κ3) is 2.45. The maximum absolute atomic E-state index is 12.6. The molecule has 2 aromatic carbocycles. The maximum Gasteiger partial charge on any atom is 0.215 e. The van der Waals surface area contributed by atoms with Crippen LogP contribution in [0.5, 0.6) is 11.5 Å². The number of nitrogens with one attached hydrogen (secondary N) is 1. The number of ketones is 2. The minimum atomic E-state index is -0.562. The molecule has 0 radical (unpaired) electrons. The first-order chi connectivity index (χ1) is 10.9. The molecule has 23 heavy (non-hydrogen) atoms. The van der Waals surface area contributed by atoms with E-state index in [-0.39, 0.29) is 33.4 Å². The van der Waals surface area contributed by atoms with Crippen LogP contribution in [0, 0.1) is 6.92 Å². The monoisotopic (exact) mass is 329 g/mol. The smallest absolute Gasteiger partial charge is 0.215 e. The molecule has 3 N–H and O–H groups in total. The van der Waals surface area contributed by atoms with Crippen LogP contribution < -0.4 is 5.32 Å². The molecule has 5 nitrogen and oxygen atoms in total. The van der Waals surface area contributed by atoms with Crippen LogP contribution in [-0.4, -0.2) is 21.8 Å². The van der Waals surface area contributed by atoms with Gasteiger partial charge in [-0.25, -0.2) is 0 Å². The largest absolute Gasteiger partial charge is 0.508 e. The molecule has 116 valence electrons. The van der Waals surface area contributed by atoms with E-state index in [2.05, 4.69) is 5.32 Å². The molecule has 0 heterocycles. The van der Waals surface area contributed by atoms with E-state index >= 15 is 0 Å². The van der Waals surface area contributed by atoms with Crippen molar-refractivity contribution in [3.63, 3.8) is 0 Å². The van der Waals surface area contributed by atoms with E-state index in [9.17, 15) is 19.8 Å². The average molecular weight is 330 g/mol. The zero-order valence-electron chi connectivity index (χ0n) is 12.1. The summed E-state index contributed by atoms with van der Waals surface area (Å²) >= 11 is 6.04. The van der Waals surface area contributed by atoms with Crippen molar-refractivity contribution in [1.29, 1.82) is 0 Å². The van der Waals surface area contributed by atoms with Gasteiger partial charge in [-0.1, -0.05) is 17.7 Å². The van der Waals surface area contributed by atoms with Crippen molar-refractivity contribution in [2.45, 2.75) is 6.92 Å². The molecular weight excluding hydrogens is 318 g/mol. The van der Waals surface area contributed by atoms with E-state index in [1.807, 2.05) is 0 Å². The molecule has 6 heteroatoms. The van der Waals surface area contributed by atoms with Gasteiger partial charge in [-0.3, -0.25) is 9.59 Å². The molecule has 0 aliphatic heterocycles. The number of benzene rings is 2. The molecular formula is C17H12ClNO4. The van der Waals surface area contributed by atoms with E-state index in [0.29, 0.717) is 11.3 Å². The molecule has 0 atom stereocenters. The molecule has 0 fully saturated rings. The molecule has 1 aliphatic carbocycles. The lowest BCUT2D eigenvalue weighted by molar-refractivity contribution is 0.0979. The maximum atomic E-state index is 12.6. The molecule has 3 rings (SSSR count). The fraction of sp³-hybridized carbons (Fsp3) is 0.0588. The van der Waals surface area contributed by atoms with Crippen molar-refractivity contribution in [2.75, 3.05) is 5.32 Å². The summed E-state index contributed by atoms with van der Waals surface area (Å²) < 4.78 is 0. The Morgan fingerprint density at radius 3 is 2.43 bits per heavy atom. The van der Waals surface area contributed by atoms with Gasteiger partial charge in [0.25, 0.3) is 0 Å². The molecule has 0 bridgehead atoms. The number of aryl methyl sites for hydroxylation is 1. The van der Waals surface area contributed by atoms with Gasteiger partial charge in [0, 0.05) is 11.3 Å². The summed E-state index contributed by atoms with van der Waals surface area (Å²) in [6, 6.07) is 8.89. The van der Waals surface area contributed by atoms with Gasteiger partial charge < -0.3 is 15.5 Å². The zero-order valence-corrected chi connectivity index (χ0v) is 12.8. The normalized spacial score (nSPS) is 14.0. The average Bonchev–Trinajstić information content (AvgIpc) is 2.52. The Morgan fingerprint density at radius 1 is 1.00 bits per heavy atom. The van der Waals surface area contributed by atoms with Gasteiger partial charge in [-0.15, -0.1) is 0 Å². The van der Waals surface area contributed by atoms with Crippen molar-refractivity contribution in [3.8, 4) is 11.5 Å². The Hall–Kier alpha value is -2.79. The van der Waals surface area contributed by atoms with Crippen molar-refractivity contribution >= 4 is 28.9 Å². The van der Waals surface area contributed by atoms with E-state index in [1.54, 1.807) is 19.1 Å². The summed E-state index contributed by atoms with van der Waals surface area (Å²) in [6.45, 7) is 1.70. The second-order valence-corrected chi connectivity index (χ2v) is 5.55. The molecule has 1 aliphatic rings. The third-order valence-corrected chi connectivity index (χ3v) is 3.99. The summed E-state index contributed by atoms with van der Waals surface area (Å²) in [4.78, 5) is 24.9. The van der Waals surface area contributed by atoms with Gasteiger partial charge >= 0.3 is 0 Å². The van der Waals surface area contributed by atoms with Crippen LogP contribution in [0.2, 0.25) is 0 Å². The van der Waals surface area contributed by atoms with Crippen LogP contribution in [0.15, 0.2) is 47.1 Å². The number of carbonyl (C=O) groups excluding carboxylic acids is 2. The Kier molecular flexibility index (Phi) is 3.58. The van der Waals surface area contributed by atoms with E-state index in [0.717, 1.165) is 0 Å². The van der Waals surface area contributed by atoms with Crippen LogP contribution >= 0.6 is 11.6 Å². The number of rotatable bonds is 2. The zero-order chi connectivity index (χ0) is 16.7. The summed E-state index contributed by atoms with van der Waals surface area (Å²) in [5, 5.41) is 22.0. The van der Waals surface area contributed by atoms with Gasteiger partial charge in [0.1, 0.15) is 22.2 Å². The Labute approximate surface area is 136 Å². The second-order valence-electron chi connectivity index (χ2n) is 5.17. The highest BCUT2D eigenvalue weighted by molar-refractivity contribution is 6.50. The van der Waals surface area contributed by atoms with E-state index in [1.165, 1.54) is 24.3 Å². The van der Waals surface area contributed by atoms with Gasteiger partial charge in [0.2, 0.25) is 11.6 Å². The standard InChI is InChI=1S/C17H12ClNO4/c1-8-7-9(5-6-11(8)20)19-15-14(18)16(22)10-3-2-4-12(21)13(10)17(15)23/h2-7,19-21H,1H3. The first-order valence-electron chi connectivity index (χ1n) is 6.78. The number of halogens is 1. The lowest BCUT2D eigenvalue weighted by atomic mass is 9.91. The van der Waals surface area contributed by atoms with Crippen LogP contribution in [0.1, 0.15) is 26.3 Å². The Morgan fingerprint density at radius 2 is 1.74 bits per heavy atom. The number of phenols is 2. The van der Waals surface area contributed by atoms with Crippen LogP contribution in [-0.2, 0) is 0 Å². The SMILES string of the molecule is Cc1cc(NC2=C(Cl)C(=O)c3cccc(O)c3C2=O)ccc1O.